The minimum Gasteiger partial charge on any atom is -0.323 e. The van der Waals surface area contributed by atoms with Crippen molar-refractivity contribution in [1.82, 2.24) is 9.97 Å². The quantitative estimate of drug-likeness (QED) is 0.649. The summed E-state index contributed by atoms with van der Waals surface area (Å²) in [4.78, 5) is 21.0. The van der Waals surface area contributed by atoms with Gasteiger partial charge in [-0.3, -0.25) is 9.78 Å². The number of fused-ring (bicyclic) bond motifs is 2. The van der Waals surface area contributed by atoms with Crippen LogP contribution in [0.1, 0.15) is 42.9 Å². The smallest absolute Gasteiger partial charge is 0.241 e. The third-order valence-corrected chi connectivity index (χ3v) is 7.19. The first kappa shape index (κ1) is 20.5. The molecule has 2 aliphatic rings. The SMILES string of the molecule is N#Cc1ccc(NC(=O)C(N)C2C[C@H]3CC(c4ccnc5ccc(F)cc45)C[C@H]3C2)cn1. The molecule has 2 aliphatic carbocycles. The van der Waals surface area contributed by atoms with Crippen molar-refractivity contribution in [3.05, 3.63) is 65.9 Å². The van der Waals surface area contributed by atoms with Crippen LogP contribution in [-0.2, 0) is 4.79 Å². The van der Waals surface area contributed by atoms with Crippen LogP contribution in [-0.4, -0.2) is 21.9 Å². The Morgan fingerprint density at radius 1 is 1.12 bits per heavy atom. The summed E-state index contributed by atoms with van der Waals surface area (Å²) in [6.07, 6.45) is 7.20. The van der Waals surface area contributed by atoms with E-state index in [4.69, 9.17) is 11.0 Å². The van der Waals surface area contributed by atoms with Crippen molar-refractivity contribution in [3.8, 4) is 6.07 Å². The summed E-state index contributed by atoms with van der Waals surface area (Å²) in [7, 11) is 0. The molecule has 0 bridgehead atoms. The van der Waals surface area contributed by atoms with Gasteiger partial charge >= 0.3 is 0 Å². The maximum Gasteiger partial charge on any atom is 0.241 e. The first-order valence-electron chi connectivity index (χ1n) is 11.0. The lowest BCUT2D eigenvalue weighted by Crippen LogP contribution is -2.41. The highest BCUT2D eigenvalue weighted by Crippen LogP contribution is 2.53. The summed E-state index contributed by atoms with van der Waals surface area (Å²) < 4.78 is 13.8. The van der Waals surface area contributed by atoms with Crippen molar-refractivity contribution in [2.45, 2.75) is 37.6 Å². The summed E-state index contributed by atoms with van der Waals surface area (Å²) in [5.41, 5.74) is 9.18. The standard InChI is InChI=1S/C25H24FN5O/c26-18-1-4-23-22(11-18)21(5-6-29-23)16-7-14-9-17(10-15(14)8-16)24(28)25(32)31-20-3-2-19(12-27)30-13-20/h1-6,11,13-17,24H,7-10,28H2,(H,31,32)/t14-,15+,16?,17?,24?. The summed E-state index contributed by atoms with van der Waals surface area (Å²) in [6.45, 7) is 0. The minimum atomic E-state index is -0.578. The third kappa shape index (κ3) is 3.82. The molecule has 1 aromatic carbocycles. The molecule has 6 nitrogen and oxygen atoms in total. The zero-order valence-corrected chi connectivity index (χ0v) is 17.5. The number of rotatable bonds is 4. The highest BCUT2D eigenvalue weighted by Gasteiger charge is 2.45. The number of halogens is 1. The Morgan fingerprint density at radius 3 is 2.59 bits per heavy atom. The van der Waals surface area contributed by atoms with Crippen molar-refractivity contribution in [2.24, 2.45) is 23.5 Å². The fraction of sp³-hybridized carbons (Fsp3) is 0.360. The van der Waals surface area contributed by atoms with Crippen LogP contribution in [0.25, 0.3) is 10.9 Å². The molecule has 1 amide bonds. The van der Waals surface area contributed by atoms with Crippen molar-refractivity contribution in [3.63, 3.8) is 0 Å². The number of nitrogens with one attached hydrogen (secondary N) is 1. The Morgan fingerprint density at radius 2 is 1.91 bits per heavy atom. The number of hydrogen-bond acceptors (Lipinski definition) is 5. The van der Waals surface area contributed by atoms with Gasteiger partial charge in [-0.05, 0) is 91.3 Å². The molecule has 2 heterocycles. The van der Waals surface area contributed by atoms with Gasteiger partial charge in [0.1, 0.15) is 17.6 Å². The molecule has 162 valence electrons. The van der Waals surface area contributed by atoms with Crippen LogP contribution in [0.4, 0.5) is 10.1 Å². The fourth-order valence-electron chi connectivity index (χ4n) is 5.68. The lowest BCUT2D eigenvalue weighted by atomic mass is 9.88. The molecule has 0 radical (unpaired) electrons. The minimum absolute atomic E-state index is 0.143. The zero-order chi connectivity index (χ0) is 22.2. The number of nitriles is 1. The highest BCUT2D eigenvalue weighted by molar-refractivity contribution is 5.94. The second kappa shape index (κ2) is 8.29. The second-order valence-corrected chi connectivity index (χ2v) is 9.04. The van der Waals surface area contributed by atoms with Gasteiger partial charge in [0.15, 0.2) is 0 Å². The highest BCUT2D eigenvalue weighted by atomic mass is 19.1. The summed E-state index contributed by atoms with van der Waals surface area (Å²) in [6, 6.07) is 11.4. The number of amides is 1. The number of carbonyl (C=O) groups is 1. The van der Waals surface area contributed by atoms with E-state index in [1.165, 1.54) is 17.8 Å². The van der Waals surface area contributed by atoms with Crippen LogP contribution < -0.4 is 11.1 Å². The number of benzene rings is 1. The number of carbonyl (C=O) groups excluding carboxylic acids is 1. The topological polar surface area (TPSA) is 105 Å². The van der Waals surface area contributed by atoms with Gasteiger partial charge in [0.2, 0.25) is 5.91 Å². The molecule has 2 fully saturated rings. The number of anilines is 1. The molecule has 2 saturated carbocycles. The predicted molar refractivity (Wildman–Crippen MR) is 119 cm³/mol. The van der Waals surface area contributed by atoms with Crippen molar-refractivity contribution >= 4 is 22.5 Å². The number of pyridine rings is 2. The Balaban J connectivity index is 1.23. The van der Waals surface area contributed by atoms with E-state index in [0.717, 1.165) is 36.6 Å². The molecule has 3 N–H and O–H groups in total. The van der Waals surface area contributed by atoms with Gasteiger partial charge < -0.3 is 11.1 Å². The normalized spacial score (nSPS) is 25.3. The maximum absolute atomic E-state index is 13.8. The zero-order valence-electron chi connectivity index (χ0n) is 17.5. The largest absolute Gasteiger partial charge is 0.323 e. The van der Waals surface area contributed by atoms with Gasteiger partial charge in [0.05, 0.1) is 23.4 Å². The van der Waals surface area contributed by atoms with Crippen LogP contribution in [0, 0.1) is 34.9 Å². The van der Waals surface area contributed by atoms with Gasteiger partial charge in [0.25, 0.3) is 0 Å². The molecule has 0 saturated heterocycles. The van der Waals surface area contributed by atoms with Crippen molar-refractivity contribution < 1.29 is 9.18 Å². The number of nitrogens with two attached hydrogens (primary N) is 1. The van der Waals surface area contributed by atoms with E-state index >= 15 is 0 Å². The Kier molecular flexibility index (Phi) is 5.32. The van der Waals surface area contributed by atoms with Crippen molar-refractivity contribution in [1.29, 1.82) is 5.26 Å². The molecule has 32 heavy (non-hydrogen) atoms. The number of aromatic nitrogens is 2. The molecular formula is C25H24FN5O. The summed E-state index contributed by atoms with van der Waals surface area (Å²) in [5.74, 6) is 1.12. The van der Waals surface area contributed by atoms with Gasteiger partial charge in [-0.15, -0.1) is 0 Å². The van der Waals surface area contributed by atoms with Crippen LogP contribution in [0.2, 0.25) is 0 Å². The van der Waals surface area contributed by atoms with E-state index in [1.807, 2.05) is 18.3 Å². The predicted octanol–water partition coefficient (Wildman–Crippen LogP) is 4.13. The molecule has 5 rings (SSSR count). The first-order chi connectivity index (χ1) is 15.5. The number of hydrogen-bond donors (Lipinski definition) is 2. The van der Waals surface area contributed by atoms with E-state index in [9.17, 15) is 9.18 Å². The Bertz CT molecular complexity index is 1190. The molecule has 7 heteroatoms. The third-order valence-electron chi connectivity index (χ3n) is 7.19. The van der Waals surface area contributed by atoms with E-state index in [0.29, 0.717) is 29.1 Å². The average molecular weight is 429 g/mol. The van der Waals surface area contributed by atoms with E-state index in [-0.39, 0.29) is 17.6 Å². The second-order valence-electron chi connectivity index (χ2n) is 9.04. The summed E-state index contributed by atoms with van der Waals surface area (Å²) >= 11 is 0. The maximum atomic E-state index is 13.8. The molecule has 0 aliphatic heterocycles. The molecule has 5 atom stereocenters. The molecule has 0 spiro atoms. The van der Waals surface area contributed by atoms with E-state index < -0.39 is 6.04 Å². The Hall–Kier alpha value is -3.37. The molecular weight excluding hydrogens is 405 g/mol. The average Bonchev–Trinajstić information content (AvgIpc) is 3.38. The van der Waals surface area contributed by atoms with E-state index in [1.54, 1.807) is 24.3 Å². The van der Waals surface area contributed by atoms with Gasteiger partial charge in [-0.2, -0.15) is 5.26 Å². The molecule has 2 aromatic heterocycles. The van der Waals surface area contributed by atoms with Crippen LogP contribution in [0.5, 0.6) is 0 Å². The molecule has 3 aromatic rings. The van der Waals surface area contributed by atoms with E-state index in [2.05, 4.69) is 15.3 Å². The van der Waals surface area contributed by atoms with Gasteiger partial charge in [0, 0.05) is 11.6 Å². The van der Waals surface area contributed by atoms with Crippen LogP contribution in [0.15, 0.2) is 48.8 Å². The van der Waals surface area contributed by atoms with Crippen LogP contribution in [0.3, 0.4) is 0 Å². The van der Waals surface area contributed by atoms with Crippen LogP contribution >= 0.6 is 0 Å². The fourth-order valence-corrected chi connectivity index (χ4v) is 5.68. The monoisotopic (exact) mass is 429 g/mol. The van der Waals surface area contributed by atoms with Gasteiger partial charge in [-0.1, -0.05) is 0 Å². The van der Waals surface area contributed by atoms with Gasteiger partial charge in [-0.25, -0.2) is 9.37 Å². The lowest BCUT2D eigenvalue weighted by Gasteiger charge is -2.21. The first-order valence-corrected chi connectivity index (χ1v) is 11.0. The Labute approximate surface area is 185 Å². The summed E-state index contributed by atoms with van der Waals surface area (Å²) in [5, 5.41) is 12.6. The molecule has 3 unspecified atom stereocenters. The number of nitrogens with zero attached hydrogens (tertiary/aromatic N) is 3. The lowest BCUT2D eigenvalue weighted by molar-refractivity contribution is -0.118. The van der Waals surface area contributed by atoms with Crippen molar-refractivity contribution in [2.75, 3.05) is 5.32 Å².